The lowest BCUT2D eigenvalue weighted by atomic mass is 9.87. The third kappa shape index (κ3) is 2.83. The Morgan fingerprint density at radius 2 is 2.14 bits per heavy atom. The first-order valence-corrected chi connectivity index (χ1v) is 7.71. The van der Waals surface area contributed by atoms with Gasteiger partial charge in [0.05, 0.1) is 6.54 Å². The molecule has 0 saturated carbocycles. The zero-order chi connectivity index (χ0) is 15.6. The Morgan fingerprint density at radius 3 is 2.82 bits per heavy atom. The predicted octanol–water partition coefficient (Wildman–Crippen LogP) is 0.589. The number of ether oxygens (including phenoxy) is 1. The van der Waals surface area contributed by atoms with Gasteiger partial charge >= 0.3 is 0 Å². The van der Waals surface area contributed by atoms with E-state index in [0.717, 1.165) is 12.8 Å². The number of rotatable bonds is 3. The molecule has 6 heteroatoms. The van der Waals surface area contributed by atoms with E-state index in [1.165, 1.54) is 10.6 Å². The van der Waals surface area contributed by atoms with Gasteiger partial charge in [-0.05, 0) is 18.9 Å². The van der Waals surface area contributed by atoms with Gasteiger partial charge < -0.3 is 14.2 Å². The maximum absolute atomic E-state index is 12.3. The molecule has 1 aromatic rings. The summed E-state index contributed by atoms with van der Waals surface area (Å²) in [5.74, 6) is -0.0709. The molecule has 0 bridgehead atoms. The Morgan fingerprint density at radius 1 is 1.27 bits per heavy atom. The summed E-state index contributed by atoms with van der Waals surface area (Å²) in [6, 6.07) is 4.90. The number of aromatic nitrogens is 1. The monoisotopic (exact) mass is 304 g/mol. The molecular formula is C16H20N2O4. The zero-order valence-electron chi connectivity index (χ0n) is 12.5. The van der Waals surface area contributed by atoms with E-state index in [1.54, 1.807) is 23.2 Å². The molecule has 0 N–H and O–H groups in total. The molecule has 6 nitrogen and oxygen atoms in total. The minimum absolute atomic E-state index is 0.0153. The SMILES string of the molecule is O=C(CCn1ccccc1=O)N1CCC2(CCCO2)C(=O)C1. The van der Waals surface area contributed by atoms with Crippen LogP contribution in [-0.2, 0) is 20.9 Å². The van der Waals surface area contributed by atoms with Crippen molar-refractivity contribution in [1.29, 1.82) is 0 Å². The molecular weight excluding hydrogens is 284 g/mol. The van der Waals surface area contributed by atoms with E-state index >= 15 is 0 Å². The van der Waals surface area contributed by atoms with Gasteiger partial charge in [-0.25, -0.2) is 0 Å². The van der Waals surface area contributed by atoms with Gasteiger partial charge in [0.1, 0.15) is 5.60 Å². The van der Waals surface area contributed by atoms with E-state index in [9.17, 15) is 14.4 Å². The van der Waals surface area contributed by atoms with Gasteiger partial charge in [0, 0.05) is 44.8 Å². The highest BCUT2D eigenvalue weighted by atomic mass is 16.5. The lowest BCUT2D eigenvalue weighted by molar-refractivity contribution is -0.152. The predicted molar refractivity (Wildman–Crippen MR) is 79.4 cm³/mol. The molecule has 1 aromatic heterocycles. The van der Waals surface area contributed by atoms with E-state index in [0.29, 0.717) is 26.1 Å². The second kappa shape index (κ2) is 6.04. The molecule has 3 rings (SSSR count). The topological polar surface area (TPSA) is 68.6 Å². The van der Waals surface area contributed by atoms with Crippen LogP contribution in [0.15, 0.2) is 29.2 Å². The summed E-state index contributed by atoms with van der Waals surface area (Å²) < 4.78 is 7.14. The molecule has 2 aliphatic rings. The lowest BCUT2D eigenvalue weighted by Crippen LogP contribution is -2.53. The summed E-state index contributed by atoms with van der Waals surface area (Å²) >= 11 is 0. The van der Waals surface area contributed by atoms with Crippen LogP contribution >= 0.6 is 0 Å². The summed E-state index contributed by atoms with van der Waals surface area (Å²) in [6.07, 6.45) is 4.16. The average molecular weight is 304 g/mol. The van der Waals surface area contributed by atoms with Gasteiger partial charge in [-0.15, -0.1) is 0 Å². The lowest BCUT2D eigenvalue weighted by Gasteiger charge is -2.37. The second-order valence-corrected chi connectivity index (χ2v) is 5.92. The van der Waals surface area contributed by atoms with Crippen LogP contribution in [0.25, 0.3) is 0 Å². The van der Waals surface area contributed by atoms with Crippen molar-refractivity contribution in [3.63, 3.8) is 0 Å². The van der Waals surface area contributed by atoms with E-state index in [4.69, 9.17) is 4.74 Å². The Hall–Kier alpha value is -1.95. The molecule has 1 atom stereocenters. The first-order valence-electron chi connectivity index (χ1n) is 7.71. The third-order valence-electron chi connectivity index (χ3n) is 4.55. The number of Topliss-reactive ketones (excluding diaryl/α,β-unsaturated/α-hetero) is 1. The molecule has 2 aliphatic heterocycles. The number of aryl methyl sites for hydroxylation is 1. The fraction of sp³-hybridized carbons (Fsp3) is 0.562. The Bertz CT molecular complexity index is 631. The molecule has 1 amide bonds. The highest BCUT2D eigenvalue weighted by Gasteiger charge is 2.46. The Kier molecular flexibility index (Phi) is 4.11. The number of pyridine rings is 1. The fourth-order valence-electron chi connectivity index (χ4n) is 3.20. The molecule has 118 valence electrons. The van der Waals surface area contributed by atoms with Crippen molar-refractivity contribution in [2.24, 2.45) is 0 Å². The van der Waals surface area contributed by atoms with Crippen molar-refractivity contribution in [2.45, 2.75) is 37.8 Å². The van der Waals surface area contributed by atoms with E-state index in [-0.39, 0.29) is 30.2 Å². The number of carbonyl (C=O) groups excluding carboxylic acids is 2. The highest BCUT2D eigenvalue weighted by molar-refractivity contribution is 5.93. The van der Waals surface area contributed by atoms with E-state index < -0.39 is 5.60 Å². The van der Waals surface area contributed by atoms with Crippen LogP contribution < -0.4 is 5.56 Å². The fourth-order valence-corrected chi connectivity index (χ4v) is 3.20. The summed E-state index contributed by atoms with van der Waals surface area (Å²) in [5, 5.41) is 0. The standard InChI is InChI=1S/C16H20N2O4/c19-13-12-18(10-7-16(13)6-3-11-22-16)15(21)5-9-17-8-2-1-4-14(17)20/h1-2,4,8H,3,5-7,9-12H2. The van der Waals surface area contributed by atoms with E-state index in [1.807, 2.05) is 0 Å². The Balaban J connectivity index is 1.57. The van der Waals surface area contributed by atoms with Crippen LogP contribution in [0.5, 0.6) is 0 Å². The molecule has 1 unspecified atom stereocenters. The third-order valence-corrected chi connectivity index (χ3v) is 4.55. The van der Waals surface area contributed by atoms with Gasteiger partial charge in [0.25, 0.3) is 5.56 Å². The molecule has 2 saturated heterocycles. The van der Waals surface area contributed by atoms with Crippen LogP contribution in [0.3, 0.4) is 0 Å². The van der Waals surface area contributed by atoms with Gasteiger partial charge in [-0.2, -0.15) is 0 Å². The van der Waals surface area contributed by atoms with Crippen molar-refractivity contribution in [3.8, 4) is 0 Å². The van der Waals surface area contributed by atoms with Crippen molar-refractivity contribution < 1.29 is 14.3 Å². The Labute approximate surface area is 128 Å². The van der Waals surface area contributed by atoms with Crippen molar-refractivity contribution in [3.05, 3.63) is 34.7 Å². The van der Waals surface area contributed by atoms with Crippen LogP contribution in [0.2, 0.25) is 0 Å². The number of amides is 1. The summed E-state index contributed by atoms with van der Waals surface area (Å²) in [6.45, 7) is 1.65. The molecule has 1 spiro atoms. The summed E-state index contributed by atoms with van der Waals surface area (Å²) in [5.41, 5.74) is -0.754. The number of hydrogen-bond acceptors (Lipinski definition) is 4. The molecule has 2 fully saturated rings. The molecule has 0 aliphatic carbocycles. The van der Waals surface area contributed by atoms with Gasteiger partial charge in [-0.1, -0.05) is 6.07 Å². The van der Waals surface area contributed by atoms with Crippen LogP contribution in [0, 0.1) is 0 Å². The number of hydrogen-bond donors (Lipinski definition) is 0. The van der Waals surface area contributed by atoms with Crippen LogP contribution in [-0.4, -0.2) is 46.5 Å². The number of piperidine rings is 1. The zero-order valence-corrected chi connectivity index (χ0v) is 12.5. The van der Waals surface area contributed by atoms with Gasteiger partial charge in [0.2, 0.25) is 5.91 Å². The number of likely N-dealkylation sites (tertiary alicyclic amines) is 1. The number of ketones is 1. The normalized spacial score (nSPS) is 24.9. The van der Waals surface area contributed by atoms with Crippen LogP contribution in [0.4, 0.5) is 0 Å². The van der Waals surface area contributed by atoms with Crippen molar-refractivity contribution in [1.82, 2.24) is 9.47 Å². The first kappa shape index (κ1) is 15.0. The van der Waals surface area contributed by atoms with E-state index in [2.05, 4.69) is 0 Å². The number of nitrogens with zero attached hydrogens (tertiary/aromatic N) is 2. The smallest absolute Gasteiger partial charge is 0.250 e. The minimum Gasteiger partial charge on any atom is -0.367 e. The first-order chi connectivity index (χ1) is 10.6. The molecule has 0 aromatic carbocycles. The number of carbonyl (C=O) groups is 2. The van der Waals surface area contributed by atoms with Gasteiger partial charge in [0.15, 0.2) is 5.78 Å². The minimum atomic E-state index is -0.632. The van der Waals surface area contributed by atoms with Gasteiger partial charge in [-0.3, -0.25) is 14.4 Å². The molecule has 3 heterocycles. The molecule has 0 radical (unpaired) electrons. The second-order valence-electron chi connectivity index (χ2n) is 5.92. The summed E-state index contributed by atoms with van der Waals surface area (Å²) in [7, 11) is 0. The van der Waals surface area contributed by atoms with Crippen molar-refractivity contribution in [2.75, 3.05) is 19.7 Å². The van der Waals surface area contributed by atoms with Crippen LogP contribution in [0.1, 0.15) is 25.7 Å². The molecule has 22 heavy (non-hydrogen) atoms. The summed E-state index contributed by atoms with van der Waals surface area (Å²) in [4.78, 5) is 37.7. The maximum atomic E-state index is 12.3. The largest absolute Gasteiger partial charge is 0.367 e. The highest BCUT2D eigenvalue weighted by Crippen LogP contribution is 2.33. The average Bonchev–Trinajstić information content (AvgIpc) is 2.99. The van der Waals surface area contributed by atoms with Crippen molar-refractivity contribution >= 4 is 11.7 Å². The quantitative estimate of drug-likeness (QED) is 0.819. The maximum Gasteiger partial charge on any atom is 0.250 e.